The first kappa shape index (κ1) is 36.7. The SMILES string of the molecule is CC/C(=C\C(C)C)C(OC(N)=O)C(C)/C=C\C=C(/C)C(=O)Nc1cc(O)cc(C(OC)C(C)CC(COC)OC)c1O. The van der Waals surface area contributed by atoms with E-state index in [4.69, 9.17) is 24.7 Å². The van der Waals surface area contributed by atoms with Crippen LogP contribution in [0.15, 0.2) is 47.6 Å². The van der Waals surface area contributed by atoms with Gasteiger partial charge in [-0.05, 0) is 43.2 Å². The topological polar surface area (TPSA) is 150 Å². The molecule has 10 nitrogen and oxygen atoms in total. The molecule has 0 aliphatic carbocycles. The highest BCUT2D eigenvalue weighted by atomic mass is 16.6. The molecular formula is C32H50N2O8. The van der Waals surface area contributed by atoms with E-state index in [2.05, 4.69) is 11.4 Å². The van der Waals surface area contributed by atoms with Crippen molar-refractivity contribution >= 4 is 17.7 Å². The van der Waals surface area contributed by atoms with Crippen LogP contribution in [-0.4, -0.2) is 62.4 Å². The molecule has 0 saturated carbocycles. The Morgan fingerprint density at radius 1 is 1.07 bits per heavy atom. The van der Waals surface area contributed by atoms with E-state index >= 15 is 0 Å². The van der Waals surface area contributed by atoms with Gasteiger partial charge in [-0.25, -0.2) is 4.79 Å². The van der Waals surface area contributed by atoms with Gasteiger partial charge in [-0.2, -0.15) is 0 Å². The Morgan fingerprint density at radius 3 is 2.26 bits per heavy atom. The van der Waals surface area contributed by atoms with Gasteiger partial charge in [0, 0.05) is 44.5 Å². The Labute approximate surface area is 250 Å². The molecule has 0 fully saturated rings. The molecule has 0 aliphatic rings. The number of amides is 2. The fourth-order valence-electron chi connectivity index (χ4n) is 4.84. The second-order valence-corrected chi connectivity index (χ2v) is 10.9. The number of anilines is 1. The molecule has 5 atom stereocenters. The fourth-order valence-corrected chi connectivity index (χ4v) is 4.84. The lowest BCUT2D eigenvalue weighted by Gasteiger charge is -2.27. The summed E-state index contributed by atoms with van der Waals surface area (Å²) in [4.78, 5) is 24.5. The molecule has 1 rings (SSSR count). The molecule has 1 aromatic carbocycles. The number of phenolic OH excluding ortho intramolecular Hbond substituents is 2. The van der Waals surface area contributed by atoms with Crippen LogP contribution in [0.5, 0.6) is 11.5 Å². The summed E-state index contributed by atoms with van der Waals surface area (Å²) in [6, 6.07) is 2.70. The van der Waals surface area contributed by atoms with Crippen LogP contribution in [0.1, 0.15) is 66.1 Å². The number of aromatic hydroxyl groups is 2. The van der Waals surface area contributed by atoms with E-state index < -0.39 is 24.2 Å². The largest absolute Gasteiger partial charge is 0.508 e. The molecule has 42 heavy (non-hydrogen) atoms. The van der Waals surface area contributed by atoms with Crippen LogP contribution in [0.25, 0.3) is 0 Å². The zero-order chi connectivity index (χ0) is 32.0. The van der Waals surface area contributed by atoms with Gasteiger partial charge in [-0.3, -0.25) is 4.79 Å². The molecular weight excluding hydrogens is 540 g/mol. The number of methoxy groups -OCH3 is 3. The Morgan fingerprint density at radius 2 is 1.74 bits per heavy atom. The third-order valence-electron chi connectivity index (χ3n) is 6.93. The summed E-state index contributed by atoms with van der Waals surface area (Å²) >= 11 is 0. The van der Waals surface area contributed by atoms with Crippen molar-refractivity contribution in [3.05, 3.63) is 53.1 Å². The van der Waals surface area contributed by atoms with Gasteiger partial charge in [0.15, 0.2) is 0 Å². The van der Waals surface area contributed by atoms with Crippen molar-refractivity contribution < 1.29 is 38.7 Å². The van der Waals surface area contributed by atoms with Gasteiger partial charge in [0.1, 0.15) is 17.6 Å². The van der Waals surface area contributed by atoms with Crippen LogP contribution in [-0.2, 0) is 23.7 Å². The van der Waals surface area contributed by atoms with Crippen molar-refractivity contribution in [3.8, 4) is 11.5 Å². The van der Waals surface area contributed by atoms with Crippen LogP contribution >= 0.6 is 0 Å². The zero-order valence-electron chi connectivity index (χ0n) is 26.5. The van der Waals surface area contributed by atoms with Crippen molar-refractivity contribution in [2.45, 2.75) is 72.7 Å². The molecule has 5 unspecified atom stereocenters. The number of carbonyl (C=O) groups is 2. The molecule has 1 aromatic rings. The first-order chi connectivity index (χ1) is 19.8. The molecule has 0 bridgehead atoms. The van der Waals surface area contributed by atoms with Gasteiger partial charge < -0.3 is 40.2 Å². The Balaban J connectivity index is 3.15. The maximum Gasteiger partial charge on any atom is 0.405 e. The smallest absolute Gasteiger partial charge is 0.405 e. The molecule has 236 valence electrons. The van der Waals surface area contributed by atoms with E-state index in [1.54, 1.807) is 33.3 Å². The van der Waals surface area contributed by atoms with Crippen LogP contribution in [0, 0.1) is 17.8 Å². The Hall–Kier alpha value is -3.34. The lowest BCUT2D eigenvalue weighted by molar-refractivity contribution is -0.112. The number of ether oxygens (including phenoxy) is 4. The van der Waals surface area contributed by atoms with Crippen LogP contribution in [0.4, 0.5) is 10.5 Å². The number of benzene rings is 1. The maximum atomic E-state index is 13.0. The lowest BCUT2D eigenvalue weighted by atomic mass is 9.91. The van der Waals surface area contributed by atoms with Gasteiger partial charge in [-0.15, -0.1) is 0 Å². The second kappa shape index (κ2) is 18.3. The number of hydrogen-bond acceptors (Lipinski definition) is 8. The Bertz CT molecular complexity index is 1110. The Kier molecular flexibility index (Phi) is 15.9. The minimum Gasteiger partial charge on any atom is -0.508 e. The number of primary amides is 1. The number of phenols is 2. The number of carbonyl (C=O) groups excluding carboxylic acids is 2. The predicted molar refractivity (Wildman–Crippen MR) is 164 cm³/mol. The number of rotatable bonds is 17. The molecule has 5 N–H and O–H groups in total. The molecule has 0 aromatic heterocycles. The molecule has 0 aliphatic heterocycles. The highest BCUT2D eigenvalue weighted by molar-refractivity contribution is 6.04. The van der Waals surface area contributed by atoms with Gasteiger partial charge in [0.05, 0.1) is 24.5 Å². The van der Waals surface area contributed by atoms with Crippen molar-refractivity contribution in [2.75, 3.05) is 33.3 Å². The van der Waals surface area contributed by atoms with Crippen LogP contribution < -0.4 is 11.1 Å². The van der Waals surface area contributed by atoms with Gasteiger partial charge in [0.25, 0.3) is 5.91 Å². The highest BCUT2D eigenvalue weighted by Gasteiger charge is 2.27. The maximum absolute atomic E-state index is 13.0. The molecule has 0 saturated heterocycles. The summed E-state index contributed by atoms with van der Waals surface area (Å²) in [5.41, 5.74) is 7.03. The van der Waals surface area contributed by atoms with Gasteiger partial charge in [0.2, 0.25) is 0 Å². The lowest BCUT2D eigenvalue weighted by Crippen LogP contribution is -2.29. The highest BCUT2D eigenvalue weighted by Crippen LogP contribution is 2.41. The number of nitrogens with two attached hydrogens (primary N) is 1. The van der Waals surface area contributed by atoms with Crippen molar-refractivity contribution in [2.24, 2.45) is 23.5 Å². The van der Waals surface area contributed by atoms with E-state index in [1.807, 2.05) is 40.7 Å². The van der Waals surface area contributed by atoms with Crippen LogP contribution in [0.2, 0.25) is 0 Å². The zero-order valence-corrected chi connectivity index (χ0v) is 26.5. The summed E-state index contributed by atoms with van der Waals surface area (Å²) in [6.07, 6.45) is 6.36. The third-order valence-corrected chi connectivity index (χ3v) is 6.93. The molecule has 0 radical (unpaired) electrons. The fraction of sp³-hybridized carbons (Fsp3) is 0.562. The van der Waals surface area contributed by atoms with Crippen LogP contribution in [0.3, 0.4) is 0 Å². The number of hydrogen-bond donors (Lipinski definition) is 4. The van der Waals surface area contributed by atoms with Gasteiger partial charge >= 0.3 is 6.09 Å². The minimum absolute atomic E-state index is 0.0517. The van der Waals surface area contributed by atoms with E-state index in [-0.39, 0.29) is 41.0 Å². The summed E-state index contributed by atoms with van der Waals surface area (Å²) < 4.78 is 21.8. The molecule has 2 amide bonds. The van der Waals surface area contributed by atoms with E-state index in [1.165, 1.54) is 19.2 Å². The minimum atomic E-state index is -0.849. The average molecular weight is 591 g/mol. The predicted octanol–water partition coefficient (Wildman–Crippen LogP) is 6.01. The van der Waals surface area contributed by atoms with Crippen molar-refractivity contribution in [1.82, 2.24) is 0 Å². The third kappa shape index (κ3) is 11.5. The summed E-state index contributed by atoms with van der Waals surface area (Å²) in [5, 5.41) is 24.1. The molecule has 0 heterocycles. The molecule has 0 spiro atoms. The number of nitrogens with one attached hydrogen (secondary N) is 1. The molecule has 10 heteroatoms. The van der Waals surface area contributed by atoms with Crippen molar-refractivity contribution in [1.29, 1.82) is 0 Å². The standard InChI is InChI=1S/C32H50N2O8/c1-10-23(14-19(2)3)29(42-32(33)38)20(4)12-11-13-21(5)31(37)34-27-17-24(35)16-26(28(27)36)30(41-9)22(6)15-25(40-8)18-39-7/h11-14,16-17,19-20,22,25,29-30,35-36H,10,15,18H2,1-9H3,(H2,33,38)(H,34,37)/b12-11-,21-13+,23-14+. The number of allylic oxidation sites excluding steroid dienone is 3. The van der Waals surface area contributed by atoms with E-state index in [0.29, 0.717) is 30.6 Å². The first-order valence-corrected chi connectivity index (χ1v) is 14.2. The summed E-state index contributed by atoms with van der Waals surface area (Å²) in [6.45, 7) is 12.0. The average Bonchev–Trinajstić information content (AvgIpc) is 2.92. The van der Waals surface area contributed by atoms with E-state index in [0.717, 1.165) is 5.57 Å². The summed E-state index contributed by atoms with van der Waals surface area (Å²) in [7, 11) is 4.71. The quantitative estimate of drug-likeness (QED) is 0.0567. The van der Waals surface area contributed by atoms with Crippen molar-refractivity contribution in [3.63, 3.8) is 0 Å². The normalized spacial score (nSPS) is 16.2. The second-order valence-electron chi connectivity index (χ2n) is 10.9. The first-order valence-electron chi connectivity index (χ1n) is 14.2. The monoisotopic (exact) mass is 590 g/mol. The van der Waals surface area contributed by atoms with Gasteiger partial charge in [-0.1, -0.05) is 58.9 Å². The van der Waals surface area contributed by atoms with E-state index in [9.17, 15) is 19.8 Å². The summed E-state index contributed by atoms with van der Waals surface area (Å²) in [5.74, 6) is -0.861.